The van der Waals surface area contributed by atoms with E-state index in [4.69, 9.17) is 4.74 Å². The average molecular weight is 545 g/mol. The van der Waals surface area contributed by atoms with Crippen molar-refractivity contribution in [2.45, 2.75) is 53.3 Å². The third-order valence-electron chi connectivity index (χ3n) is 5.38. The zero-order valence-electron chi connectivity index (χ0n) is 20.0. The second kappa shape index (κ2) is 15.1. The lowest BCUT2D eigenvalue weighted by atomic mass is 9.90. The third-order valence-corrected chi connectivity index (χ3v) is 5.98. The van der Waals surface area contributed by atoms with Gasteiger partial charge in [0.2, 0.25) is 0 Å². The lowest BCUT2D eigenvalue weighted by Gasteiger charge is -2.16. The van der Waals surface area contributed by atoms with Gasteiger partial charge in [-0.3, -0.25) is 0 Å². The predicted molar refractivity (Wildman–Crippen MR) is 146 cm³/mol. The molecule has 0 saturated carbocycles. The molecule has 3 aromatic carbocycles. The number of aryl methyl sites for hydroxylation is 1. The van der Waals surface area contributed by atoms with Gasteiger partial charge in [-0.2, -0.15) is 0 Å². The van der Waals surface area contributed by atoms with Crippen molar-refractivity contribution in [2.24, 2.45) is 0 Å². The molecule has 0 radical (unpaired) electrons. The summed E-state index contributed by atoms with van der Waals surface area (Å²) in [5, 5.41) is 2.29. The van der Waals surface area contributed by atoms with E-state index in [2.05, 4.69) is 33.9 Å². The first kappa shape index (κ1) is 30.0. The zero-order valence-corrected chi connectivity index (χ0v) is 21.6. The fourth-order valence-electron chi connectivity index (χ4n) is 3.81. The van der Waals surface area contributed by atoms with Crippen LogP contribution in [0.4, 0.5) is 4.53 Å². The van der Waals surface area contributed by atoms with Crippen molar-refractivity contribution in [3.8, 4) is 0 Å². The van der Waals surface area contributed by atoms with Crippen LogP contribution >= 0.6 is 15.9 Å². The maximum Gasteiger partial charge on any atom is 0.380 e. The van der Waals surface area contributed by atoms with Crippen LogP contribution in [0.5, 0.6) is 0 Å². The Kier molecular flexibility index (Phi) is 13.0. The van der Waals surface area contributed by atoms with E-state index >= 15 is 0 Å². The number of benzene rings is 3. The minimum atomic E-state index is -0.961. The normalized spacial score (nSPS) is 11.0. The minimum absolute atomic E-state index is 0. The molecule has 1 aliphatic carbocycles. The fraction of sp³-hybridized carbons (Fsp3) is 0.310. The summed E-state index contributed by atoms with van der Waals surface area (Å²) in [6, 6.07) is 14.6. The van der Waals surface area contributed by atoms with Gasteiger partial charge in [0.1, 0.15) is 0 Å². The van der Waals surface area contributed by atoms with Crippen molar-refractivity contribution < 1.29 is 23.8 Å². The Morgan fingerprint density at radius 3 is 2.26 bits per heavy atom. The molecule has 3 aromatic rings. The van der Waals surface area contributed by atoms with E-state index in [0.717, 1.165) is 29.4 Å². The van der Waals surface area contributed by atoms with Gasteiger partial charge in [0.25, 0.3) is 0 Å². The molecule has 0 atom stereocenters. The van der Waals surface area contributed by atoms with Crippen molar-refractivity contribution in [3.05, 3.63) is 88.0 Å². The van der Waals surface area contributed by atoms with Crippen LogP contribution in [0.2, 0.25) is 0 Å². The van der Waals surface area contributed by atoms with Crippen molar-refractivity contribution in [1.29, 1.82) is 0 Å². The molecule has 0 bridgehead atoms. The van der Waals surface area contributed by atoms with Gasteiger partial charge in [0.05, 0.1) is 17.7 Å². The molecule has 1 aliphatic rings. The smallest absolute Gasteiger partial charge is 0.380 e. The highest BCUT2D eigenvalue weighted by molar-refractivity contribution is 9.08. The molecule has 0 fully saturated rings. The van der Waals surface area contributed by atoms with Crippen LogP contribution < -0.4 is 0 Å². The summed E-state index contributed by atoms with van der Waals surface area (Å²) in [5.41, 5.74) is 5.57. The van der Waals surface area contributed by atoms with Gasteiger partial charge in [0.15, 0.2) is 0 Å². The zero-order chi connectivity index (χ0) is 25.1. The lowest BCUT2D eigenvalue weighted by molar-refractivity contribution is -0.0786. The van der Waals surface area contributed by atoms with Gasteiger partial charge in [0, 0.05) is 9.86 Å². The highest BCUT2D eigenvalue weighted by atomic mass is 79.9. The van der Waals surface area contributed by atoms with E-state index in [-0.39, 0.29) is 19.0 Å². The molecule has 4 rings (SSSR count). The summed E-state index contributed by atoms with van der Waals surface area (Å²) < 4.78 is 17.0. The maximum atomic E-state index is 11.9. The Morgan fingerprint density at radius 2 is 1.63 bits per heavy atom. The van der Waals surface area contributed by atoms with Gasteiger partial charge < -0.3 is 4.74 Å². The van der Waals surface area contributed by atoms with Crippen molar-refractivity contribution in [2.75, 3.05) is 6.61 Å². The number of halogens is 2. The average Bonchev–Trinajstić information content (AvgIpc) is 2.89. The van der Waals surface area contributed by atoms with Gasteiger partial charge in [-0.1, -0.05) is 85.8 Å². The maximum absolute atomic E-state index is 11.9. The number of alkyl halides is 1. The quantitative estimate of drug-likeness (QED) is 0.243. The Balaban J connectivity index is 0.000000318. The van der Waals surface area contributed by atoms with E-state index < -0.39 is 5.97 Å². The van der Waals surface area contributed by atoms with Crippen LogP contribution in [0.1, 0.15) is 77.6 Å². The number of fused-ring (bicyclic) bond motifs is 2. The van der Waals surface area contributed by atoms with Crippen molar-refractivity contribution >= 4 is 44.7 Å². The largest absolute Gasteiger partial charge is 0.462 e. The van der Waals surface area contributed by atoms with E-state index in [1.165, 1.54) is 11.1 Å². The molecule has 0 aromatic heterocycles. The van der Waals surface area contributed by atoms with E-state index in [1.807, 2.05) is 51.1 Å². The summed E-state index contributed by atoms with van der Waals surface area (Å²) in [6.07, 6.45) is 6.23. The van der Waals surface area contributed by atoms with Gasteiger partial charge in [-0.25, -0.2) is 14.5 Å². The standard InChI is InChI=1S/C14H16O2.C12H8BrFO2.C2H6.CH4/c1-3-16-14(15)13-9-8-10(2)11-6-4-5-7-12(11)13;13-7-8-5-6-11(12(15)16-14)10-4-2-1-3-9(8)10;1-2;/h5,7-9H,3-4,6H2,1-2H3;1-6H,7H2;1-2H3;1H4. The number of carbonyl (C=O) groups is 2. The van der Waals surface area contributed by atoms with Crippen LogP contribution in [0.25, 0.3) is 16.8 Å². The van der Waals surface area contributed by atoms with Gasteiger partial charge >= 0.3 is 11.9 Å². The Morgan fingerprint density at radius 1 is 0.971 bits per heavy atom. The molecular weight excluding hydrogens is 511 g/mol. The van der Waals surface area contributed by atoms with E-state index in [9.17, 15) is 14.1 Å². The molecule has 0 aliphatic heterocycles. The first-order valence-electron chi connectivity index (χ1n) is 11.4. The summed E-state index contributed by atoms with van der Waals surface area (Å²) in [7, 11) is 0. The van der Waals surface area contributed by atoms with Crippen molar-refractivity contribution in [3.63, 3.8) is 0 Å². The van der Waals surface area contributed by atoms with Crippen LogP contribution in [0.3, 0.4) is 0 Å². The number of hydrogen-bond acceptors (Lipinski definition) is 4. The molecule has 188 valence electrons. The molecular formula is C29H34BrFO4. The first-order valence-corrected chi connectivity index (χ1v) is 12.5. The molecule has 0 saturated heterocycles. The molecule has 4 nitrogen and oxygen atoms in total. The summed E-state index contributed by atoms with van der Waals surface area (Å²) in [6.45, 7) is 8.34. The number of allylic oxidation sites excluding steroid dienone is 1. The predicted octanol–water partition coefficient (Wildman–Crippen LogP) is 8.57. The molecule has 0 unspecified atom stereocenters. The second-order valence-corrected chi connectivity index (χ2v) is 7.86. The highest BCUT2D eigenvalue weighted by Crippen LogP contribution is 2.27. The van der Waals surface area contributed by atoms with Crippen LogP contribution in [0.15, 0.2) is 54.6 Å². The summed E-state index contributed by atoms with van der Waals surface area (Å²) >= 11 is 3.37. The minimum Gasteiger partial charge on any atom is -0.462 e. The summed E-state index contributed by atoms with van der Waals surface area (Å²) in [4.78, 5) is 26.3. The number of hydrogen-bond donors (Lipinski definition) is 0. The van der Waals surface area contributed by atoms with Gasteiger partial charge in [-0.05, 0) is 71.8 Å². The number of rotatable bonds is 4. The second-order valence-electron chi connectivity index (χ2n) is 7.30. The monoisotopic (exact) mass is 544 g/mol. The third kappa shape index (κ3) is 7.25. The molecule has 0 spiro atoms. The van der Waals surface area contributed by atoms with Crippen LogP contribution in [0, 0.1) is 6.92 Å². The number of ether oxygens (including phenoxy) is 1. The molecule has 35 heavy (non-hydrogen) atoms. The van der Waals surface area contributed by atoms with E-state index in [1.54, 1.807) is 24.3 Å². The number of esters is 1. The topological polar surface area (TPSA) is 52.6 Å². The fourth-order valence-corrected chi connectivity index (χ4v) is 4.30. The number of carbonyl (C=O) groups excluding carboxylic acids is 2. The van der Waals surface area contributed by atoms with Crippen LogP contribution in [-0.4, -0.2) is 18.5 Å². The molecule has 6 heteroatoms. The Bertz CT molecular complexity index is 1170. The highest BCUT2D eigenvalue weighted by Gasteiger charge is 2.17. The Hall–Kier alpha value is -2.99. The van der Waals surface area contributed by atoms with Crippen molar-refractivity contribution in [1.82, 2.24) is 0 Å². The Labute approximate surface area is 216 Å². The summed E-state index contributed by atoms with van der Waals surface area (Å²) in [5.74, 6) is -1.18. The molecule has 0 heterocycles. The van der Waals surface area contributed by atoms with Gasteiger partial charge in [-0.15, -0.1) is 0 Å². The molecule has 0 N–H and O–H groups in total. The van der Waals surface area contributed by atoms with Crippen LogP contribution in [-0.2, 0) is 21.4 Å². The lowest BCUT2D eigenvalue weighted by Crippen LogP contribution is -2.10. The first-order chi connectivity index (χ1) is 16.5. The molecule has 0 amide bonds. The van der Waals surface area contributed by atoms with E-state index in [0.29, 0.717) is 22.9 Å². The SMILES string of the molecule is C.CC.CCOC(=O)c1ccc(C)c2c1C=CCC2.O=C(OF)c1ccc(CBr)c2ccccc12.